The average molecular weight is 1860 g/mol. The van der Waals surface area contributed by atoms with Crippen molar-refractivity contribution in [2.24, 2.45) is 0 Å². The van der Waals surface area contributed by atoms with E-state index in [1.54, 1.807) is 0 Å². The van der Waals surface area contributed by atoms with Crippen molar-refractivity contribution in [1.82, 2.24) is 48.1 Å². The summed E-state index contributed by atoms with van der Waals surface area (Å²) in [6.45, 7) is 0. The van der Waals surface area contributed by atoms with Gasteiger partial charge in [-0.1, -0.05) is 412 Å². The average Bonchev–Trinajstić information content (AvgIpc) is 1.63. The maximum absolute atomic E-state index is 8.82. The number of pyridine rings is 5. The van der Waals surface area contributed by atoms with E-state index in [1.165, 1.54) is 0 Å². The first kappa shape index (κ1) is 87.0. The van der Waals surface area contributed by atoms with Crippen LogP contribution in [0.4, 0.5) is 0 Å². The van der Waals surface area contributed by atoms with E-state index in [0.29, 0.717) is 6.04 Å². The fourth-order valence-electron chi connectivity index (χ4n) is 19.5. The van der Waals surface area contributed by atoms with Gasteiger partial charge in [0.25, 0.3) is 0 Å². The van der Waals surface area contributed by atoms with Gasteiger partial charge in [0.05, 0.1) is 80.7 Å². The quantitative estimate of drug-likeness (QED) is 0.0794. The molecule has 17 aromatic carbocycles. The van der Waals surface area contributed by atoms with Crippen molar-refractivity contribution in [3.8, 4) is 213 Å². The van der Waals surface area contributed by atoms with E-state index in [9.17, 15) is 0 Å². The number of fused-ring (bicyclic) bond motifs is 4. The molecule has 0 amide bonds. The molecule has 0 bridgehead atoms. The van der Waals surface area contributed by atoms with Crippen LogP contribution in [-0.4, -0.2) is 48.1 Å². The molecule has 26 rings (SSSR count). The third kappa shape index (κ3) is 18.6. The summed E-state index contributed by atoms with van der Waals surface area (Å²) in [5.41, 5.74) is 44.3. The number of hydrogen-bond acceptors (Lipinski definition) is 7. The summed E-state index contributed by atoms with van der Waals surface area (Å²) in [4.78, 5) is 35.8. The summed E-state index contributed by atoms with van der Waals surface area (Å²) in [6, 6.07) is 186. The summed E-state index contributed by atoms with van der Waals surface area (Å²) in [5, 5.41) is 0. The van der Waals surface area contributed by atoms with E-state index in [2.05, 4.69) is 438 Å². The van der Waals surface area contributed by atoms with Gasteiger partial charge in [-0.3, -0.25) is 13.2 Å². The molecule has 0 saturated heterocycles. The van der Waals surface area contributed by atoms with E-state index < -0.39 is 0 Å². The third-order valence-electron chi connectivity index (χ3n) is 26.5. The molecular weight excluding hydrogens is 1760 g/mol. The van der Waals surface area contributed by atoms with Gasteiger partial charge in [-0.05, 0) is 205 Å². The minimum atomic E-state index is 0.454. The van der Waals surface area contributed by atoms with Gasteiger partial charge in [0.15, 0.2) is 0 Å². The molecule has 9 aromatic heterocycles. The SMILES string of the molecule is [2H]c1cc(-c2cccc(-c3nc4ccccn4c3-c3ccccc3)c2)cc(-c2cc(-c3ccccc3)nc(-c3ccccc3)c2)c1.c1ccc(-c2cc(-c3cccc(-c4cccc(-c5nc6ccccn6c5-c5ccccc5)c4)c3)cc(-c3ccccc3)n2)cc1.c1ccc(-c2cc(-c3cccc(-c4nc5ccccc5nc4-c4ccccc4)c3)cc(-c3cccc(-c4nc5ccccn5c4-c4ccccc4)c3)c2)cc1. The molecule has 0 aliphatic carbocycles. The fraction of sp³-hybridized carbons (Fsp3) is 0. The van der Waals surface area contributed by atoms with Crippen LogP contribution in [0, 0.1) is 0 Å². The molecule has 0 saturated carbocycles. The molecule has 0 atom stereocenters. The lowest BCUT2D eigenvalue weighted by atomic mass is 9.91. The Morgan fingerprint density at radius 3 is 0.641 bits per heavy atom. The van der Waals surface area contributed by atoms with Gasteiger partial charge >= 0.3 is 0 Å². The Morgan fingerprint density at radius 2 is 0.331 bits per heavy atom. The molecule has 0 unspecified atom stereocenters. The monoisotopic (exact) mass is 1850 g/mol. The normalized spacial score (nSPS) is 11.3. The first-order valence-electron chi connectivity index (χ1n) is 49.3. The van der Waals surface area contributed by atoms with E-state index in [4.69, 9.17) is 36.3 Å². The van der Waals surface area contributed by atoms with Crippen LogP contribution >= 0.6 is 0 Å². The highest BCUT2D eigenvalue weighted by Gasteiger charge is 2.24. The minimum absolute atomic E-state index is 0.454. The zero-order valence-electron chi connectivity index (χ0n) is 80.0. The minimum Gasteiger partial charge on any atom is -0.299 e. The van der Waals surface area contributed by atoms with Crippen LogP contribution < -0.4 is 0 Å². The van der Waals surface area contributed by atoms with Crippen LogP contribution in [-0.2, 0) is 0 Å². The van der Waals surface area contributed by atoms with Crippen LogP contribution in [0.3, 0.4) is 0 Å². The summed E-state index contributed by atoms with van der Waals surface area (Å²) in [5.74, 6) is 0. The number of aromatic nitrogens is 10. The Hall–Kier alpha value is -19.6. The lowest BCUT2D eigenvalue weighted by molar-refractivity contribution is 1.19. The Morgan fingerprint density at radius 1 is 0.131 bits per heavy atom. The van der Waals surface area contributed by atoms with Crippen LogP contribution in [0.15, 0.2) is 558 Å². The maximum atomic E-state index is 8.82. The van der Waals surface area contributed by atoms with E-state index in [-0.39, 0.29) is 0 Å². The van der Waals surface area contributed by atoms with Crippen LogP contribution in [0.2, 0.25) is 0 Å². The smallest absolute Gasteiger partial charge is 0.137 e. The summed E-state index contributed by atoms with van der Waals surface area (Å²) in [6.07, 6.45) is 6.24. The summed E-state index contributed by atoms with van der Waals surface area (Å²) >= 11 is 0. The van der Waals surface area contributed by atoms with Crippen molar-refractivity contribution < 1.29 is 1.37 Å². The van der Waals surface area contributed by atoms with Crippen molar-refractivity contribution in [1.29, 1.82) is 0 Å². The van der Waals surface area contributed by atoms with Crippen molar-refractivity contribution >= 4 is 28.0 Å². The van der Waals surface area contributed by atoms with Gasteiger partial charge in [0.1, 0.15) is 16.9 Å². The zero-order chi connectivity index (χ0) is 97.4. The molecule has 682 valence electrons. The molecule has 10 nitrogen and oxygen atoms in total. The van der Waals surface area contributed by atoms with Crippen LogP contribution in [0.5, 0.6) is 0 Å². The summed E-state index contributed by atoms with van der Waals surface area (Å²) in [7, 11) is 0. The predicted octanol–water partition coefficient (Wildman–Crippen LogP) is 34.4. The number of rotatable bonds is 19. The second-order valence-corrected chi connectivity index (χ2v) is 35.9. The molecule has 10 heteroatoms. The van der Waals surface area contributed by atoms with Gasteiger partial charge < -0.3 is 0 Å². The molecule has 0 aliphatic heterocycles. The van der Waals surface area contributed by atoms with Gasteiger partial charge in [0.2, 0.25) is 0 Å². The molecular formula is C135H92N10. The highest BCUT2D eigenvalue weighted by Crippen LogP contribution is 2.45. The van der Waals surface area contributed by atoms with E-state index >= 15 is 0 Å². The molecule has 9 heterocycles. The topological polar surface area (TPSA) is 103 Å². The number of para-hydroxylation sites is 2. The number of benzene rings is 17. The molecule has 0 radical (unpaired) electrons. The Kier molecular flexibility index (Phi) is 24.1. The van der Waals surface area contributed by atoms with Crippen LogP contribution in [0.25, 0.3) is 241 Å². The fourth-order valence-corrected chi connectivity index (χ4v) is 19.5. The standard InChI is InChI=1S/C51H34N4.2C42H29N3/c1-4-16-35(17-5-1)42-32-43(38-22-14-24-40(30-38)49-48(36-18-6-2-7-19-36)52-45-26-10-11-27-46(45)53-49)34-44(33-42)39-23-15-25-41(31-39)50-51(37-20-8-3-9-21-37)55-29-13-12-28-47(55)54-50;2*1-4-14-30(15-5-1)38-28-37(29-39(43-38)31-16-6-2-7-17-31)35-22-12-20-33(26-35)34-21-13-23-36(27-34)41-42(32-18-8-3-9-19-32)45-25-11-10-24-40(45)44-41/h1-34H;2*1-29H/i;12D;. The second kappa shape index (κ2) is 40.1. The predicted molar refractivity (Wildman–Crippen MR) is 598 cm³/mol. The first-order valence-corrected chi connectivity index (χ1v) is 48.8. The van der Waals surface area contributed by atoms with Crippen molar-refractivity contribution in [3.05, 3.63) is 558 Å². The number of hydrogen-bond donors (Lipinski definition) is 0. The molecule has 0 spiro atoms. The molecule has 0 N–H and O–H groups in total. The van der Waals surface area contributed by atoms with Crippen molar-refractivity contribution in [2.45, 2.75) is 0 Å². The number of imidazole rings is 3. The Balaban J connectivity index is 0.000000118. The first-order chi connectivity index (χ1) is 72.2. The molecule has 26 aromatic rings. The van der Waals surface area contributed by atoms with Gasteiger partial charge in [-0.15, -0.1) is 0 Å². The Bertz CT molecular complexity index is 9100. The van der Waals surface area contributed by atoms with Gasteiger partial charge in [-0.25, -0.2) is 34.9 Å². The maximum Gasteiger partial charge on any atom is 0.137 e. The Labute approximate surface area is 843 Å². The van der Waals surface area contributed by atoms with E-state index in [0.717, 1.165) is 241 Å². The lowest BCUT2D eigenvalue weighted by Crippen LogP contribution is -1.95. The number of nitrogens with zero attached hydrogens (tertiary/aromatic N) is 10. The highest BCUT2D eigenvalue weighted by atomic mass is 15.0. The van der Waals surface area contributed by atoms with Crippen LogP contribution in [0.1, 0.15) is 1.37 Å². The van der Waals surface area contributed by atoms with Crippen molar-refractivity contribution in [2.75, 3.05) is 0 Å². The lowest BCUT2D eigenvalue weighted by Gasteiger charge is -2.14. The van der Waals surface area contributed by atoms with E-state index in [1.807, 2.05) is 127 Å². The van der Waals surface area contributed by atoms with Crippen molar-refractivity contribution in [3.63, 3.8) is 0 Å². The highest BCUT2D eigenvalue weighted by molar-refractivity contribution is 5.94. The van der Waals surface area contributed by atoms with Gasteiger partial charge in [-0.2, -0.15) is 0 Å². The molecule has 145 heavy (non-hydrogen) atoms. The molecule has 0 aliphatic rings. The molecule has 0 fully saturated rings. The third-order valence-corrected chi connectivity index (χ3v) is 26.5. The zero-order valence-corrected chi connectivity index (χ0v) is 79.0. The largest absolute Gasteiger partial charge is 0.299 e. The second-order valence-electron chi connectivity index (χ2n) is 35.9. The summed E-state index contributed by atoms with van der Waals surface area (Å²) < 4.78 is 15.3. The van der Waals surface area contributed by atoms with Gasteiger partial charge in [0, 0.05) is 85.4 Å².